The molecule has 2 aliphatic carbocycles. The lowest BCUT2D eigenvalue weighted by Gasteiger charge is -2.56. The van der Waals surface area contributed by atoms with Crippen LogP contribution >= 0.6 is 0 Å². The van der Waals surface area contributed by atoms with E-state index in [2.05, 4.69) is 18.0 Å². The monoisotopic (exact) mass is 407 g/mol. The number of aromatic carboxylic acids is 1. The molecule has 5 atom stereocenters. The van der Waals surface area contributed by atoms with Gasteiger partial charge < -0.3 is 25.0 Å². The Balaban J connectivity index is 0.000000182. The number of phenolic OH excluding ortho intramolecular Hbond substituents is 1. The Morgan fingerprint density at radius 2 is 1.93 bits per heavy atom. The van der Waals surface area contributed by atoms with Crippen molar-refractivity contribution in [1.82, 2.24) is 4.90 Å². The molecule has 4 aliphatic rings. The van der Waals surface area contributed by atoms with Crippen LogP contribution in [0.2, 0.25) is 0 Å². The van der Waals surface area contributed by atoms with Gasteiger partial charge in [0.05, 0.1) is 5.56 Å². The van der Waals surface area contributed by atoms with Crippen LogP contribution < -0.4 is 4.74 Å². The predicted molar refractivity (Wildman–Crippen MR) is 111 cm³/mol. The van der Waals surface area contributed by atoms with Crippen LogP contribution in [0.15, 0.2) is 54.6 Å². The van der Waals surface area contributed by atoms with Gasteiger partial charge in [-0.1, -0.05) is 36.4 Å². The number of piperidine rings is 1. The summed E-state index contributed by atoms with van der Waals surface area (Å²) in [5, 5.41) is 29.0. The molecule has 1 spiro atoms. The number of phenols is 1. The van der Waals surface area contributed by atoms with Gasteiger partial charge in [-0.2, -0.15) is 0 Å². The van der Waals surface area contributed by atoms with E-state index in [4.69, 9.17) is 9.84 Å². The van der Waals surface area contributed by atoms with Gasteiger partial charge in [-0.05, 0) is 50.2 Å². The maximum absolute atomic E-state index is 10.4. The van der Waals surface area contributed by atoms with Crippen LogP contribution in [0.5, 0.6) is 11.5 Å². The average molecular weight is 407 g/mol. The van der Waals surface area contributed by atoms with E-state index in [1.165, 1.54) is 11.1 Å². The van der Waals surface area contributed by atoms with E-state index < -0.39 is 12.1 Å². The Labute approximate surface area is 175 Å². The van der Waals surface area contributed by atoms with E-state index >= 15 is 0 Å². The summed E-state index contributed by atoms with van der Waals surface area (Å²) >= 11 is 0. The number of carbonyl (C=O) groups is 1. The van der Waals surface area contributed by atoms with Gasteiger partial charge in [-0.3, -0.25) is 0 Å². The Morgan fingerprint density at radius 3 is 2.63 bits per heavy atom. The van der Waals surface area contributed by atoms with Crippen molar-refractivity contribution in [1.29, 1.82) is 0 Å². The third-order valence-corrected chi connectivity index (χ3v) is 7.17. The maximum Gasteiger partial charge on any atom is 0.335 e. The number of hydrogen-bond acceptors (Lipinski definition) is 5. The molecular formula is C24H25NO5. The van der Waals surface area contributed by atoms with Gasteiger partial charge in [-0.15, -0.1) is 0 Å². The van der Waals surface area contributed by atoms with Crippen molar-refractivity contribution in [3.8, 4) is 11.5 Å². The third-order valence-electron chi connectivity index (χ3n) is 7.17. The highest BCUT2D eigenvalue weighted by molar-refractivity contribution is 5.87. The van der Waals surface area contributed by atoms with Crippen molar-refractivity contribution in [3.05, 3.63) is 71.3 Å². The largest absolute Gasteiger partial charge is 0.504 e. The van der Waals surface area contributed by atoms with E-state index in [1.807, 2.05) is 12.1 Å². The smallest absolute Gasteiger partial charge is 0.335 e. The van der Waals surface area contributed by atoms with E-state index in [0.717, 1.165) is 19.4 Å². The van der Waals surface area contributed by atoms with Crippen LogP contribution in [-0.4, -0.2) is 58.0 Å². The zero-order valence-electron chi connectivity index (χ0n) is 16.7. The summed E-state index contributed by atoms with van der Waals surface area (Å²) in [4.78, 5) is 12.6. The molecule has 1 fully saturated rings. The molecule has 2 aromatic rings. The van der Waals surface area contributed by atoms with Gasteiger partial charge in [-0.25, -0.2) is 4.79 Å². The van der Waals surface area contributed by atoms with Crippen molar-refractivity contribution < 1.29 is 24.9 Å². The lowest BCUT2D eigenvalue weighted by molar-refractivity contribution is -0.0453. The molecule has 2 bridgehead atoms. The molecule has 0 saturated carbocycles. The van der Waals surface area contributed by atoms with Gasteiger partial charge >= 0.3 is 5.97 Å². The zero-order chi connectivity index (χ0) is 21.0. The molecule has 0 amide bonds. The lowest BCUT2D eigenvalue weighted by Crippen LogP contribution is -2.64. The first-order chi connectivity index (χ1) is 14.4. The second-order valence-corrected chi connectivity index (χ2v) is 8.60. The molecule has 0 aromatic heterocycles. The number of likely N-dealkylation sites (tertiary alicyclic amines) is 1. The van der Waals surface area contributed by atoms with E-state index in [-0.39, 0.29) is 17.3 Å². The van der Waals surface area contributed by atoms with E-state index in [9.17, 15) is 15.0 Å². The highest BCUT2D eigenvalue weighted by Crippen LogP contribution is 2.62. The molecule has 3 N–H and O–H groups in total. The van der Waals surface area contributed by atoms with Crippen LogP contribution in [-0.2, 0) is 11.8 Å². The normalized spacial score (nSPS) is 32.5. The van der Waals surface area contributed by atoms with Crippen LogP contribution in [0.1, 0.15) is 27.9 Å². The van der Waals surface area contributed by atoms with Crippen molar-refractivity contribution in [2.45, 2.75) is 36.5 Å². The molecule has 0 unspecified atom stereocenters. The predicted octanol–water partition coefficient (Wildman–Crippen LogP) is 2.58. The lowest BCUT2D eigenvalue weighted by atomic mass is 9.53. The van der Waals surface area contributed by atoms with Crippen LogP contribution in [0.25, 0.3) is 0 Å². The minimum atomic E-state index is -0.879. The minimum absolute atomic E-state index is 0.160. The Bertz CT molecular complexity index is 1020. The minimum Gasteiger partial charge on any atom is -0.504 e. The fourth-order valence-electron chi connectivity index (χ4n) is 5.82. The second kappa shape index (κ2) is 6.86. The van der Waals surface area contributed by atoms with Gasteiger partial charge in [0.25, 0.3) is 0 Å². The SMILES string of the molecule is CN1CC[C@]23c4c5ccc(O)c4O[C@H]2[C@@H](O)C=C[C@H]3[C@H]1C5.O=C(O)c1ccccc1. The van der Waals surface area contributed by atoms with Crippen LogP contribution in [0, 0.1) is 5.92 Å². The summed E-state index contributed by atoms with van der Waals surface area (Å²) in [7, 11) is 2.19. The van der Waals surface area contributed by atoms with Crippen molar-refractivity contribution in [3.63, 3.8) is 0 Å². The number of hydrogen-bond donors (Lipinski definition) is 3. The molecule has 2 aromatic carbocycles. The summed E-state index contributed by atoms with van der Waals surface area (Å²) < 4.78 is 6.09. The molecule has 156 valence electrons. The summed E-state index contributed by atoms with van der Waals surface area (Å²) in [5.41, 5.74) is 2.62. The number of aliphatic hydroxyl groups excluding tert-OH is 1. The Hall–Kier alpha value is -2.83. The number of aromatic hydroxyl groups is 1. The van der Waals surface area contributed by atoms with Crippen LogP contribution in [0.4, 0.5) is 0 Å². The fourth-order valence-corrected chi connectivity index (χ4v) is 5.82. The van der Waals surface area contributed by atoms with Gasteiger partial charge in [0.2, 0.25) is 0 Å². The Morgan fingerprint density at radius 1 is 1.17 bits per heavy atom. The molecule has 1 saturated heterocycles. The van der Waals surface area contributed by atoms with Crippen molar-refractivity contribution in [2.75, 3.05) is 13.6 Å². The van der Waals surface area contributed by atoms with E-state index in [0.29, 0.717) is 23.3 Å². The summed E-state index contributed by atoms with van der Waals surface area (Å²) in [5.74, 6) is 0.310. The number of nitrogens with zero attached hydrogens (tertiary/aromatic N) is 1. The topological polar surface area (TPSA) is 90.2 Å². The standard InChI is InChI=1S/C17H19NO3.C7H6O2/c1-18-7-6-17-10-3-5-13(20)16(17)21-15-12(19)4-2-9(14(15)17)8-11(10)18;8-7(9)6-4-2-1-3-5-6/h2-5,10-11,13,16,19-20H,6-8H2,1H3;1-5H,(H,8,9)/t10-,11+,13-,16-,17-;/m0./s1. The molecule has 2 aliphatic heterocycles. The van der Waals surface area contributed by atoms with E-state index in [1.54, 1.807) is 36.4 Å². The molecule has 2 heterocycles. The highest BCUT2D eigenvalue weighted by atomic mass is 16.5. The molecule has 6 nitrogen and oxygen atoms in total. The highest BCUT2D eigenvalue weighted by Gasteiger charge is 2.64. The number of likely N-dealkylation sites (N-methyl/N-ethyl adjacent to an activating group) is 1. The van der Waals surface area contributed by atoms with Gasteiger partial charge in [0, 0.05) is 22.9 Å². The van der Waals surface area contributed by atoms with Crippen molar-refractivity contribution in [2.24, 2.45) is 5.92 Å². The summed E-state index contributed by atoms with van der Waals surface area (Å²) in [6.07, 6.45) is 5.18. The van der Waals surface area contributed by atoms with Crippen LogP contribution in [0.3, 0.4) is 0 Å². The molecule has 0 radical (unpaired) electrons. The zero-order valence-corrected chi connectivity index (χ0v) is 16.7. The number of benzene rings is 2. The quantitative estimate of drug-likeness (QED) is 0.630. The molecule has 6 heteroatoms. The van der Waals surface area contributed by atoms with Gasteiger partial charge in [0.1, 0.15) is 12.2 Å². The maximum atomic E-state index is 10.4. The number of aliphatic hydroxyl groups is 1. The second-order valence-electron chi connectivity index (χ2n) is 8.60. The number of ether oxygens (including phenoxy) is 1. The molecule has 6 rings (SSSR count). The average Bonchev–Trinajstić information content (AvgIpc) is 3.11. The number of carboxylic acid groups (broad SMARTS) is 1. The number of carboxylic acids is 1. The van der Waals surface area contributed by atoms with Gasteiger partial charge in [0.15, 0.2) is 11.5 Å². The first-order valence-electron chi connectivity index (χ1n) is 10.3. The van der Waals surface area contributed by atoms with Crippen molar-refractivity contribution >= 4 is 5.97 Å². The summed E-state index contributed by atoms with van der Waals surface area (Å²) in [6.45, 7) is 1.01. The third kappa shape index (κ3) is 2.60. The molecular weight excluding hydrogens is 382 g/mol. The summed E-state index contributed by atoms with van der Waals surface area (Å²) in [6, 6.07) is 12.5. The Kier molecular flexibility index (Phi) is 4.38. The first-order valence-corrected chi connectivity index (χ1v) is 10.3. The molecule has 30 heavy (non-hydrogen) atoms. The first kappa shape index (κ1) is 19.2. The number of rotatable bonds is 1. The fraction of sp³-hybridized carbons (Fsp3) is 0.375.